The fourth-order valence-corrected chi connectivity index (χ4v) is 2.70. The van der Waals surface area contributed by atoms with Crippen LogP contribution in [0.5, 0.6) is 0 Å². The monoisotopic (exact) mass is 327 g/mol. The third-order valence-corrected chi connectivity index (χ3v) is 3.90. The Kier molecular flexibility index (Phi) is 5.07. The van der Waals surface area contributed by atoms with Crippen LogP contribution in [0.4, 0.5) is 13.2 Å². The van der Waals surface area contributed by atoms with E-state index in [9.17, 15) is 18.0 Å². The van der Waals surface area contributed by atoms with Crippen LogP contribution in [-0.2, 0) is 16.7 Å². The van der Waals surface area contributed by atoms with E-state index in [-0.39, 0.29) is 5.03 Å². The van der Waals surface area contributed by atoms with Gasteiger partial charge in [0.05, 0.1) is 18.2 Å². The maximum absolute atomic E-state index is 12.9. The fourth-order valence-electron chi connectivity index (χ4n) is 1.73. The van der Waals surface area contributed by atoms with Gasteiger partial charge in [-0.3, -0.25) is 0 Å². The lowest BCUT2D eigenvalue weighted by Gasteiger charge is -2.11. The third kappa shape index (κ3) is 4.00. The summed E-state index contributed by atoms with van der Waals surface area (Å²) in [5, 5.41) is -0.0629. The fraction of sp³-hybridized carbons (Fsp3) is 0.200. The third-order valence-electron chi connectivity index (χ3n) is 2.83. The number of esters is 1. The number of aromatic nitrogens is 1. The first-order chi connectivity index (χ1) is 10.4. The molecule has 0 aliphatic carbocycles. The summed E-state index contributed by atoms with van der Waals surface area (Å²) in [5.41, 5.74) is 0.438. The zero-order chi connectivity index (χ0) is 16.2. The van der Waals surface area contributed by atoms with Crippen molar-refractivity contribution in [2.24, 2.45) is 0 Å². The summed E-state index contributed by atoms with van der Waals surface area (Å²) < 4.78 is 43.1. The van der Waals surface area contributed by atoms with Gasteiger partial charge >= 0.3 is 12.1 Å². The molecular formula is C15H12F3NO2S. The van der Waals surface area contributed by atoms with Gasteiger partial charge in [0.1, 0.15) is 5.03 Å². The summed E-state index contributed by atoms with van der Waals surface area (Å²) in [7, 11) is 1.28. The van der Waals surface area contributed by atoms with E-state index in [1.54, 1.807) is 24.3 Å². The Hall–Kier alpha value is -2.02. The predicted octanol–water partition coefficient (Wildman–Crippen LogP) is 4.18. The highest BCUT2D eigenvalue weighted by Gasteiger charge is 2.33. The molecule has 0 aliphatic rings. The summed E-state index contributed by atoms with van der Waals surface area (Å²) in [6.45, 7) is 0. The summed E-state index contributed by atoms with van der Waals surface area (Å²) in [6.07, 6.45) is -3.09. The number of hydrogen-bond donors (Lipinski definition) is 0. The van der Waals surface area contributed by atoms with E-state index in [0.717, 1.165) is 23.4 Å². The Bertz CT molecular complexity index is 657. The molecule has 3 nitrogen and oxygen atoms in total. The van der Waals surface area contributed by atoms with Crippen LogP contribution >= 0.6 is 11.8 Å². The summed E-state index contributed by atoms with van der Waals surface area (Å²) in [6, 6.07) is 8.77. The summed E-state index contributed by atoms with van der Waals surface area (Å²) in [5.74, 6) is -0.134. The number of nitrogens with zero attached hydrogens (tertiary/aromatic N) is 1. The smallest absolute Gasteiger partial charge is 0.419 e. The molecule has 0 unspecified atom stereocenters. The molecule has 0 fully saturated rings. The highest BCUT2D eigenvalue weighted by molar-refractivity contribution is 7.98. The lowest BCUT2D eigenvalue weighted by Crippen LogP contribution is -2.07. The van der Waals surface area contributed by atoms with Crippen molar-refractivity contribution in [2.45, 2.75) is 17.0 Å². The topological polar surface area (TPSA) is 39.2 Å². The van der Waals surface area contributed by atoms with E-state index in [4.69, 9.17) is 0 Å². The second-order valence-corrected chi connectivity index (χ2v) is 5.30. The minimum atomic E-state index is -4.43. The van der Waals surface area contributed by atoms with E-state index in [2.05, 4.69) is 9.72 Å². The first-order valence-corrected chi connectivity index (χ1v) is 7.22. The zero-order valence-electron chi connectivity index (χ0n) is 11.6. The van der Waals surface area contributed by atoms with Gasteiger partial charge in [-0.2, -0.15) is 13.2 Å². The van der Waals surface area contributed by atoms with Gasteiger partial charge in [0.25, 0.3) is 0 Å². The summed E-state index contributed by atoms with van der Waals surface area (Å²) >= 11 is 1.000. The van der Waals surface area contributed by atoms with Crippen LogP contribution in [0, 0.1) is 0 Å². The Balaban J connectivity index is 2.09. The molecule has 1 aromatic heterocycles. The lowest BCUT2D eigenvalue weighted by molar-refractivity contribution is -0.140. The van der Waals surface area contributed by atoms with Crippen LogP contribution in [0.3, 0.4) is 0 Å². The van der Waals surface area contributed by atoms with Crippen molar-refractivity contribution in [3.8, 4) is 0 Å². The van der Waals surface area contributed by atoms with Gasteiger partial charge in [-0.25, -0.2) is 9.78 Å². The molecule has 0 aliphatic heterocycles. The predicted molar refractivity (Wildman–Crippen MR) is 76.6 cm³/mol. The number of pyridine rings is 1. The van der Waals surface area contributed by atoms with Crippen molar-refractivity contribution < 1.29 is 22.7 Å². The molecule has 7 heteroatoms. The molecule has 1 heterocycles. The molecule has 0 saturated heterocycles. The lowest BCUT2D eigenvalue weighted by atomic mass is 10.1. The van der Waals surface area contributed by atoms with Gasteiger partial charge in [-0.15, -0.1) is 11.8 Å². The average molecular weight is 327 g/mol. The Morgan fingerprint density at radius 1 is 1.23 bits per heavy atom. The number of ether oxygens (including phenoxy) is 1. The van der Waals surface area contributed by atoms with E-state index >= 15 is 0 Å². The van der Waals surface area contributed by atoms with Crippen LogP contribution < -0.4 is 0 Å². The molecule has 0 atom stereocenters. The molecular weight excluding hydrogens is 315 g/mol. The van der Waals surface area contributed by atoms with Crippen LogP contribution in [0.25, 0.3) is 0 Å². The number of carbonyl (C=O) groups excluding carboxylic acids is 1. The molecule has 0 bridgehead atoms. The van der Waals surface area contributed by atoms with Crippen LogP contribution in [0.1, 0.15) is 21.5 Å². The Morgan fingerprint density at radius 2 is 1.91 bits per heavy atom. The number of hydrogen-bond acceptors (Lipinski definition) is 4. The minimum absolute atomic E-state index is 0.0629. The van der Waals surface area contributed by atoms with E-state index in [0.29, 0.717) is 11.3 Å². The molecule has 2 aromatic rings. The highest BCUT2D eigenvalue weighted by Crippen LogP contribution is 2.36. The average Bonchev–Trinajstić information content (AvgIpc) is 2.52. The number of rotatable bonds is 4. The van der Waals surface area contributed by atoms with Crippen molar-refractivity contribution in [2.75, 3.05) is 7.11 Å². The quantitative estimate of drug-likeness (QED) is 0.624. The van der Waals surface area contributed by atoms with Gasteiger partial charge in [0, 0.05) is 11.9 Å². The number of benzene rings is 1. The van der Waals surface area contributed by atoms with Crippen LogP contribution in [0.15, 0.2) is 47.6 Å². The van der Waals surface area contributed by atoms with Crippen molar-refractivity contribution in [1.29, 1.82) is 0 Å². The SMILES string of the molecule is COC(=O)c1ccc(CSc2ncccc2C(F)(F)F)cc1. The molecule has 0 N–H and O–H groups in total. The van der Waals surface area contributed by atoms with E-state index < -0.39 is 17.7 Å². The number of alkyl halides is 3. The first kappa shape index (κ1) is 16.4. The maximum atomic E-state index is 12.9. The largest absolute Gasteiger partial charge is 0.465 e. The second kappa shape index (κ2) is 6.83. The van der Waals surface area contributed by atoms with Crippen molar-refractivity contribution in [3.63, 3.8) is 0 Å². The normalized spacial score (nSPS) is 11.3. The zero-order valence-corrected chi connectivity index (χ0v) is 12.4. The molecule has 0 amide bonds. The first-order valence-electron chi connectivity index (χ1n) is 6.24. The molecule has 22 heavy (non-hydrogen) atoms. The number of carbonyl (C=O) groups is 1. The van der Waals surface area contributed by atoms with Gasteiger partial charge < -0.3 is 4.74 Å². The van der Waals surface area contributed by atoms with Crippen molar-refractivity contribution in [3.05, 3.63) is 59.3 Å². The second-order valence-electron chi connectivity index (χ2n) is 4.33. The molecule has 0 spiro atoms. The van der Waals surface area contributed by atoms with Gasteiger partial charge in [0.15, 0.2) is 0 Å². The molecule has 116 valence electrons. The van der Waals surface area contributed by atoms with E-state index in [1.165, 1.54) is 19.4 Å². The summed E-state index contributed by atoms with van der Waals surface area (Å²) in [4.78, 5) is 15.1. The Morgan fingerprint density at radius 3 is 2.50 bits per heavy atom. The van der Waals surface area contributed by atoms with Crippen LogP contribution in [0.2, 0.25) is 0 Å². The number of halogens is 3. The maximum Gasteiger partial charge on any atom is 0.419 e. The minimum Gasteiger partial charge on any atom is -0.465 e. The van der Waals surface area contributed by atoms with Gasteiger partial charge in [-0.1, -0.05) is 12.1 Å². The highest BCUT2D eigenvalue weighted by atomic mass is 32.2. The van der Waals surface area contributed by atoms with Crippen LogP contribution in [-0.4, -0.2) is 18.1 Å². The molecule has 0 radical (unpaired) electrons. The number of methoxy groups -OCH3 is 1. The van der Waals surface area contributed by atoms with E-state index in [1.807, 2.05) is 0 Å². The van der Waals surface area contributed by atoms with Gasteiger partial charge in [0.2, 0.25) is 0 Å². The standard InChI is InChI=1S/C15H12F3NO2S/c1-21-14(20)11-6-4-10(5-7-11)9-22-13-12(15(16,17)18)3-2-8-19-13/h2-8H,9H2,1H3. The van der Waals surface area contributed by atoms with Crippen molar-refractivity contribution in [1.82, 2.24) is 4.98 Å². The molecule has 1 aromatic carbocycles. The molecule has 2 rings (SSSR count). The van der Waals surface area contributed by atoms with Crippen molar-refractivity contribution >= 4 is 17.7 Å². The molecule has 0 saturated carbocycles. The Labute approximate surface area is 129 Å². The number of thioether (sulfide) groups is 1. The van der Waals surface area contributed by atoms with Gasteiger partial charge in [-0.05, 0) is 29.8 Å².